The molecule has 1 unspecified atom stereocenters. The van der Waals surface area contributed by atoms with Crippen molar-refractivity contribution < 1.29 is 4.39 Å². The summed E-state index contributed by atoms with van der Waals surface area (Å²) in [5.41, 5.74) is 0.748. The molecule has 0 saturated heterocycles. The maximum absolute atomic E-state index is 13.0. The van der Waals surface area contributed by atoms with Crippen LogP contribution in [0.25, 0.3) is 10.1 Å². The number of fused-ring (bicyclic) bond motifs is 1. The lowest BCUT2D eigenvalue weighted by atomic mass is 10.2. The van der Waals surface area contributed by atoms with Crippen LogP contribution < -0.4 is 5.32 Å². The highest BCUT2D eigenvalue weighted by Gasteiger charge is 2.11. The maximum Gasteiger partial charge on any atom is 0.124 e. The van der Waals surface area contributed by atoms with Crippen molar-refractivity contribution in [1.29, 1.82) is 0 Å². The smallest absolute Gasteiger partial charge is 0.124 e. The molecule has 0 fully saturated rings. The third-order valence-electron chi connectivity index (χ3n) is 3.17. The molecule has 3 aromatic rings. The summed E-state index contributed by atoms with van der Waals surface area (Å²) in [6.07, 6.45) is 0. The fourth-order valence-electron chi connectivity index (χ4n) is 2.13. The minimum absolute atomic E-state index is 0.121. The summed E-state index contributed by atoms with van der Waals surface area (Å²) in [5.74, 6) is -0.324. The Balaban J connectivity index is 1.86. The predicted molar refractivity (Wildman–Crippen MR) is 85.3 cm³/mol. The van der Waals surface area contributed by atoms with Gasteiger partial charge in [0, 0.05) is 9.58 Å². The number of anilines is 1. The highest BCUT2D eigenvalue weighted by molar-refractivity contribution is 7.19. The van der Waals surface area contributed by atoms with Crippen LogP contribution in [0.1, 0.15) is 17.8 Å². The Morgan fingerprint density at radius 1 is 1.15 bits per heavy atom. The van der Waals surface area contributed by atoms with Gasteiger partial charge in [0.05, 0.1) is 16.8 Å². The summed E-state index contributed by atoms with van der Waals surface area (Å²) in [5, 5.41) is 4.97. The first-order chi connectivity index (χ1) is 9.63. The number of halogens is 2. The largest absolute Gasteiger partial charge is 0.376 e. The molecule has 2 aromatic carbocycles. The van der Waals surface area contributed by atoms with Crippen molar-refractivity contribution in [3.05, 3.63) is 64.2 Å². The number of thiophene rings is 1. The molecule has 0 bridgehead atoms. The van der Waals surface area contributed by atoms with Crippen molar-refractivity contribution in [1.82, 2.24) is 0 Å². The average molecular weight is 306 g/mol. The lowest BCUT2D eigenvalue weighted by Crippen LogP contribution is -2.05. The molecule has 0 saturated carbocycles. The van der Waals surface area contributed by atoms with Gasteiger partial charge in [-0.25, -0.2) is 4.39 Å². The molecule has 1 aromatic heterocycles. The fourth-order valence-corrected chi connectivity index (χ4v) is 3.42. The van der Waals surface area contributed by atoms with E-state index in [-0.39, 0.29) is 11.9 Å². The Hall–Kier alpha value is -1.58. The van der Waals surface area contributed by atoms with Crippen LogP contribution in [0.4, 0.5) is 10.1 Å². The zero-order chi connectivity index (χ0) is 14.1. The van der Waals surface area contributed by atoms with Crippen LogP contribution in [0.3, 0.4) is 0 Å². The Morgan fingerprint density at radius 2 is 1.95 bits per heavy atom. The van der Waals surface area contributed by atoms with E-state index in [4.69, 9.17) is 11.6 Å². The molecule has 0 radical (unpaired) electrons. The Labute approximate surface area is 126 Å². The van der Waals surface area contributed by atoms with Gasteiger partial charge in [0.15, 0.2) is 0 Å². The van der Waals surface area contributed by atoms with Gasteiger partial charge in [-0.1, -0.05) is 29.8 Å². The monoisotopic (exact) mass is 305 g/mol. The van der Waals surface area contributed by atoms with Gasteiger partial charge in [-0.15, -0.1) is 11.3 Å². The molecular weight excluding hydrogens is 293 g/mol. The molecule has 1 nitrogen and oxygen atoms in total. The standard InChI is InChI=1S/C16H13ClFNS/c1-10(19-14-7-6-12(18)9-13(14)17)16-8-11-4-2-3-5-15(11)20-16/h2-10,19H,1H3. The molecule has 0 amide bonds. The van der Waals surface area contributed by atoms with Gasteiger partial charge in [-0.2, -0.15) is 0 Å². The first-order valence-corrected chi connectivity index (χ1v) is 7.53. The quantitative estimate of drug-likeness (QED) is 0.638. The zero-order valence-corrected chi connectivity index (χ0v) is 12.4. The van der Waals surface area contributed by atoms with Crippen molar-refractivity contribution in [2.45, 2.75) is 13.0 Å². The minimum Gasteiger partial charge on any atom is -0.376 e. The number of nitrogens with one attached hydrogen (secondary N) is 1. The van der Waals surface area contributed by atoms with E-state index in [1.54, 1.807) is 17.4 Å². The van der Waals surface area contributed by atoms with Crippen LogP contribution in [0, 0.1) is 5.82 Å². The molecular formula is C16H13ClFNS. The summed E-state index contributed by atoms with van der Waals surface area (Å²) in [6.45, 7) is 2.07. The summed E-state index contributed by atoms with van der Waals surface area (Å²) >= 11 is 7.79. The summed E-state index contributed by atoms with van der Waals surface area (Å²) in [7, 11) is 0. The third kappa shape index (κ3) is 2.65. The van der Waals surface area contributed by atoms with Crippen LogP contribution >= 0.6 is 22.9 Å². The number of hydrogen-bond donors (Lipinski definition) is 1. The highest BCUT2D eigenvalue weighted by Crippen LogP contribution is 2.33. The number of hydrogen-bond acceptors (Lipinski definition) is 2. The lowest BCUT2D eigenvalue weighted by molar-refractivity contribution is 0.628. The van der Waals surface area contributed by atoms with Crippen molar-refractivity contribution >= 4 is 38.7 Å². The second kappa shape index (κ2) is 5.43. The first kappa shape index (κ1) is 13.4. The molecule has 0 aliphatic carbocycles. The molecule has 4 heteroatoms. The van der Waals surface area contributed by atoms with Crippen molar-refractivity contribution in [2.24, 2.45) is 0 Å². The number of benzene rings is 2. The molecule has 0 spiro atoms. The molecule has 102 valence electrons. The maximum atomic E-state index is 13.0. The molecule has 3 rings (SSSR count). The van der Waals surface area contributed by atoms with E-state index in [1.165, 1.54) is 27.1 Å². The van der Waals surface area contributed by atoms with E-state index in [0.717, 1.165) is 5.69 Å². The molecule has 0 aliphatic heterocycles. The van der Waals surface area contributed by atoms with E-state index < -0.39 is 0 Å². The molecule has 1 heterocycles. The van der Waals surface area contributed by atoms with E-state index in [2.05, 4.69) is 30.4 Å². The Bertz CT molecular complexity index is 720. The molecule has 1 atom stereocenters. The third-order valence-corrected chi connectivity index (χ3v) is 4.79. The summed E-state index contributed by atoms with van der Waals surface area (Å²) in [6, 6.07) is 15.0. The van der Waals surface area contributed by atoms with Gasteiger partial charge in [0.1, 0.15) is 5.82 Å². The second-order valence-corrected chi connectivity index (χ2v) is 6.20. The fraction of sp³-hybridized carbons (Fsp3) is 0.125. The van der Waals surface area contributed by atoms with Crippen molar-refractivity contribution in [2.75, 3.05) is 5.32 Å². The predicted octanol–water partition coefficient (Wildman–Crippen LogP) is 5.87. The van der Waals surface area contributed by atoms with Crippen LogP contribution in [0.2, 0.25) is 5.02 Å². The van der Waals surface area contributed by atoms with Gasteiger partial charge >= 0.3 is 0 Å². The normalized spacial score (nSPS) is 12.6. The molecule has 1 N–H and O–H groups in total. The highest BCUT2D eigenvalue weighted by atomic mass is 35.5. The minimum atomic E-state index is -0.324. The van der Waals surface area contributed by atoms with Gasteiger partial charge in [0.2, 0.25) is 0 Å². The van der Waals surface area contributed by atoms with Crippen LogP contribution in [0.5, 0.6) is 0 Å². The zero-order valence-electron chi connectivity index (χ0n) is 10.9. The van der Waals surface area contributed by atoms with Crippen LogP contribution in [0.15, 0.2) is 48.5 Å². The van der Waals surface area contributed by atoms with E-state index in [0.29, 0.717) is 5.02 Å². The first-order valence-electron chi connectivity index (χ1n) is 6.33. The van der Waals surface area contributed by atoms with Gasteiger partial charge < -0.3 is 5.32 Å². The van der Waals surface area contributed by atoms with Crippen LogP contribution in [-0.2, 0) is 0 Å². The summed E-state index contributed by atoms with van der Waals surface area (Å²) in [4.78, 5) is 1.23. The molecule has 20 heavy (non-hydrogen) atoms. The van der Waals surface area contributed by atoms with Crippen molar-refractivity contribution in [3.63, 3.8) is 0 Å². The Morgan fingerprint density at radius 3 is 2.70 bits per heavy atom. The summed E-state index contributed by atoms with van der Waals surface area (Å²) < 4.78 is 14.3. The van der Waals surface area contributed by atoms with Gasteiger partial charge in [0.25, 0.3) is 0 Å². The van der Waals surface area contributed by atoms with Crippen molar-refractivity contribution in [3.8, 4) is 0 Å². The number of rotatable bonds is 3. The lowest BCUT2D eigenvalue weighted by Gasteiger charge is -2.14. The Kier molecular flexibility index (Phi) is 3.64. The topological polar surface area (TPSA) is 12.0 Å². The SMILES string of the molecule is CC(Nc1ccc(F)cc1Cl)c1cc2ccccc2s1. The van der Waals surface area contributed by atoms with Crippen LogP contribution in [-0.4, -0.2) is 0 Å². The van der Waals surface area contributed by atoms with Gasteiger partial charge in [-0.05, 0) is 42.6 Å². The van der Waals surface area contributed by atoms with E-state index >= 15 is 0 Å². The average Bonchev–Trinajstić information content (AvgIpc) is 2.86. The molecule has 0 aliphatic rings. The second-order valence-electron chi connectivity index (χ2n) is 4.68. The van der Waals surface area contributed by atoms with Gasteiger partial charge in [-0.3, -0.25) is 0 Å². The van der Waals surface area contributed by atoms with E-state index in [9.17, 15) is 4.39 Å². The van der Waals surface area contributed by atoms with E-state index in [1.807, 2.05) is 12.1 Å².